The van der Waals surface area contributed by atoms with Gasteiger partial charge in [0.05, 0.1) is 13.2 Å². The summed E-state index contributed by atoms with van der Waals surface area (Å²) in [7, 11) is 0. The summed E-state index contributed by atoms with van der Waals surface area (Å²) in [6, 6.07) is 0. The first kappa shape index (κ1) is 21.2. The Kier molecular flexibility index (Phi) is 10.3. The normalized spacial score (nSPS) is 20.1. The van der Waals surface area contributed by atoms with Crippen molar-refractivity contribution in [2.75, 3.05) is 19.8 Å². The van der Waals surface area contributed by atoms with Crippen LogP contribution in [-0.4, -0.2) is 32.1 Å². The second kappa shape index (κ2) is 11.6. The van der Waals surface area contributed by atoms with Crippen LogP contribution in [0.1, 0.15) is 78.6 Å². The Morgan fingerprint density at radius 3 is 2.04 bits per heavy atom. The van der Waals surface area contributed by atoms with E-state index >= 15 is 0 Å². The van der Waals surface area contributed by atoms with Gasteiger partial charge in [0.1, 0.15) is 0 Å². The van der Waals surface area contributed by atoms with Gasteiger partial charge in [0.15, 0.2) is 6.29 Å². The fourth-order valence-electron chi connectivity index (χ4n) is 3.26. The largest absolute Gasteiger partial charge is 0.462 e. The van der Waals surface area contributed by atoms with Gasteiger partial charge < -0.3 is 14.2 Å². The Bertz CT molecular complexity index is 368. The molecule has 0 N–H and O–H groups in total. The molecule has 0 aromatic heterocycles. The van der Waals surface area contributed by atoms with E-state index < -0.39 is 0 Å². The minimum atomic E-state index is -0.302. The summed E-state index contributed by atoms with van der Waals surface area (Å²) in [6.07, 6.45) is 10.6. The Morgan fingerprint density at radius 2 is 1.54 bits per heavy atom. The molecule has 1 atom stereocenters. The minimum absolute atomic E-state index is 0.103. The third-order valence-electron chi connectivity index (χ3n) is 4.80. The van der Waals surface area contributed by atoms with E-state index in [4.69, 9.17) is 14.2 Å². The van der Waals surface area contributed by atoms with E-state index in [1.54, 1.807) is 6.92 Å². The second-order valence-electron chi connectivity index (χ2n) is 7.17. The Balaban J connectivity index is 2.72. The van der Waals surface area contributed by atoms with Gasteiger partial charge in [0, 0.05) is 17.6 Å². The van der Waals surface area contributed by atoms with Crippen LogP contribution in [0.2, 0.25) is 0 Å². The Morgan fingerprint density at radius 1 is 1.00 bits per heavy atom. The van der Waals surface area contributed by atoms with E-state index in [0.29, 0.717) is 25.4 Å². The van der Waals surface area contributed by atoms with Gasteiger partial charge in [0.25, 0.3) is 0 Å². The van der Waals surface area contributed by atoms with Crippen LogP contribution in [0.5, 0.6) is 0 Å². The monoisotopic (exact) mass is 340 g/mol. The standard InChI is InChI=1S/C20H36O4/c1-5-22-18(4)23-15-20(16-24-19(21)17(2)3)13-11-9-7-6-8-10-12-14-20/h18H,2,5-16H2,1,3-4H3. The van der Waals surface area contributed by atoms with Gasteiger partial charge in [-0.15, -0.1) is 0 Å². The lowest BCUT2D eigenvalue weighted by molar-refractivity contribution is -0.164. The maximum absolute atomic E-state index is 11.9. The maximum atomic E-state index is 11.9. The highest BCUT2D eigenvalue weighted by Gasteiger charge is 2.32. The van der Waals surface area contributed by atoms with Crippen LogP contribution in [0.25, 0.3) is 0 Å². The number of carbonyl (C=O) groups excluding carboxylic acids is 1. The molecule has 0 spiro atoms. The summed E-state index contributed by atoms with van der Waals surface area (Å²) in [5, 5.41) is 0. The van der Waals surface area contributed by atoms with Crippen LogP contribution in [0.3, 0.4) is 0 Å². The molecule has 0 aromatic rings. The highest BCUT2D eigenvalue weighted by Crippen LogP contribution is 2.34. The number of rotatable bonds is 8. The zero-order chi connectivity index (χ0) is 17.8. The molecule has 0 radical (unpaired) electrons. The molecular formula is C20H36O4. The van der Waals surface area contributed by atoms with E-state index in [0.717, 1.165) is 25.7 Å². The highest BCUT2D eigenvalue weighted by molar-refractivity contribution is 5.86. The number of hydrogen-bond acceptors (Lipinski definition) is 4. The lowest BCUT2D eigenvalue weighted by atomic mass is 9.78. The number of carbonyl (C=O) groups is 1. The van der Waals surface area contributed by atoms with Crippen LogP contribution in [-0.2, 0) is 19.0 Å². The zero-order valence-electron chi connectivity index (χ0n) is 15.9. The highest BCUT2D eigenvalue weighted by atomic mass is 16.7. The number of hydrogen-bond donors (Lipinski definition) is 0. The van der Waals surface area contributed by atoms with Crippen molar-refractivity contribution in [2.24, 2.45) is 5.41 Å². The van der Waals surface area contributed by atoms with Crippen molar-refractivity contribution in [3.05, 3.63) is 12.2 Å². The first-order chi connectivity index (χ1) is 11.5. The van der Waals surface area contributed by atoms with Crippen molar-refractivity contribution < 1.29 is 19.0 Å². The molecule has 0 amide bonds. The molecule has 1 fully saturated rings. The van der Waals surface area contributed by atoms with Gasteiger partial charge in [-0.25, -0.2) is 4.79 Å². The van der Waals surface area contributed by atoms with Crippen molar-refractivity contribution in [1.82, 2.24) is 0 Å². The average Bonchev–Trinajstić information content (AvgIpc) is 2.56. The summed E-state index contributed by atoms with van der Waals surface area (Å²) in [5.41, 5.74) is 0.349. The van der Waals surface area contributed by atoms with Gasteiger partial charge >= 0.3 is 5.97 Å². The fraction of sp³-hybridized carbons (Fsp3) is 0.850. The average molecular weight is 341 g/mol. The molecule has 0 saturated heterocycles. The molecule has 1 aliphatic rings. The van der Waals surface area contributed by atoms with E-state index in [-0.39, 0.29) is 17.7 Å². The quantitative estimate of drug-likeness (QED) is 0.354. The molecule has 0 bridgehead atoms. The van der Waals surface area contributed by atoms with Crippen LogP contribution >= 0.6 is 0 Å². The zero-order valence-corrected chi connectivity index (χ0v) is 15.9. The molecule has 0 aliphatic heterocycles. The van der Waals surface area contributed by atoms with Gasteiger partial charge in [-0.1, -0.05) is 51.5 Å². The van der Waals surface area contributed by atoms with Crippen LogP contribution in [0.4, 0.5) is 0 Å². The van der Waals surface area contributed by atoms with E-state index in [9.17, 15) is 4.79 Å². The molecule has 1 saturated carbocycles. The van der Waals surface area contributed by atoms with E-state index in [2.05, 4.69) is 6.58 Å². The SMILES string of the molecule is C=C(C)C(=O)OCC1(COC(C)OCC)CCCCCCCCC1. The van der Waals surface area contributed by atoms with Gasteiger partial charge in [-0.2, -0.15) is 0 Å². The molecule has 4 nitrogen and oxygen atoms in total. The van der Waals surface area contributed by atoms with Crippen LogP contribution in [0.15, 0.2) is 12.2 Å². The summed E-state index contributed by atoms with van der Waals surface area (Å²) in [6.45, 7) is 10.9. The number of esters is 1. The van der Waals surface area contributed by atoms with Gasteiger partial charge in [-0.05, 0) is 33.6 Å². The summed E-state index contributed by atoms with van der Waals surface area (Å²) < 4.78 is 17.0. The van der Waals surface area contributed by atoms with Gasteiger partial charge in [0.2, 0.25) is 0 Å². The van der Waals surface area contributed by atoms with Crippen molar-refractivity contribution in [2.45, 2.75) is 84.8 Å². The lowest BCUT2D eigenvalue weighted by Gasteiger charge is -2.35. The molecule has 0 aromatic carbocycles. The van der Waals surface area contributed by atoms with Crippen LogP contribution < -0.4 is 0 Å². The number of ether oxygens (including phenoxy) is 3. The first-order valence-electron chi connectivity index (χ1n) is 9.55. The molecule has 1 unspecified atom stereocenters. The third-order valence-corrected chi connectivity index (χ3v) is 4.80. The van der Waals surface area contributed by atoms with Crippen LogP contribution in [0, 0.1) is 5.41 Å². The minimum Gasteiger partial charge on any atom is -0.462 e. The molecule has 24 heavy (non-hydrogen) atoms. The fourth-order valence-corrected chi connectivity index (χ4v) is 3.26. The smallest absolute Gasteiger partial charge is 0.333 e. The summed E-state index contributed by atoms with van der Waals surface area (Å²) in [5.74, 6) is -0.302. The topological polar surface area (TPSA) is 44.8 Å². The predicted octanol–water partition coefficient (Wildman–Crippen LogP) is 5.02. The predicted molar refractivity (Wildman–Crippen MR) is 96.8 cm³/mol. The molecule has 0 heterocycles. The maximum Gasteiger partial charge on any atom is 0.333 e. The summed E-state index contributed by atoms with van der Waals surface area (Å²) >= 11 is 0. The lowest BCUT2D eigenvalue weighted by Crippen LogP contribution is -2.35. The Labute approximate surface area is 147 Å². The molecule has 1 rings (SSSR count). The van der Waals surface area contributed by atoms with Crippen molar-refractivity contribution in [1.29, 1.82) is 0 Å². The van der Waals surface area contributed by atoms with Crippen molar-refractivity contribution in [3.8, 4) is 0 Å². The molecule has 1 aliphatic carbocycles. The molecule has 4 heteroatoms. The Hall–Kier alpha value is -0.870. The van der Waals surface area contributed by atoms with E-state index in [1.807, 2.05) is 13.8 Å². The summed E-state index contributed by atoms with van der Waals surface area (Å²) in [4.78, 5) is 11.9. The first-order valence-corrected chi connectivity index (χ1v) is 9.55. The second-order valence-corrected chi connectivity index (χ2v) is 7.17. The third kappa shape index (κ3) is 8.29. The van der Waals surface area contributed by atoms with Crippen molar-refractivity contribution >= 4 is 5.97 Å². The van der Waals surface area contributed by atoms with Crippen molar-refractivity contribution in [3.63, 3.8) is 0 Å². The van der Waals surface area contributed by atoms with Gasteiger partial charge in [-0.3, -0.25) is 0 Å². The van der Waals surface area contributed by atoms with E-state index in [1.165, 1.54) is 32.1 Å². The molecular weight excluding hydrogens is 304 g/mol. The molecule has 140 valence electrons.